The van der Waals surface area contributed by atoms with Crippen molar-refractivity contribution in [1.82, 2.24) is 20.5 Å². The highest BCUT2D eigenvalue weighted by molar-refractivity contribution is 7.13. The number of aliphatic hydroxyl groups excluding tert-OH is 1. The van der Waals surface area contributed by atoms with Gasteiger partial charge in [-0.05, 0) is 83.5 Å². The van der Waals surface area contributed by atoms with Gasteiger partial charge in [-0.3, -0.25) is 19.2 Å². The summed E-state index contributed by atoms with van der Waals surface area (Å²) in [6, 6.07) is 18.6. The minimum Gasteiger partial charge on any atom is -0.391 e. The molecular formula is C44H57N5O6S. The van der Waals surface area contributed by atoms with E-state index in [1.165, 1.54) is 4.90 Å². The first-order chi connectivity index (χ1) is 26.6. The third-order valence-electron chi connectivity index (χ3n) is 10.8. The number of primary amides is 1. The number of aromatic nitrogens is 1. The van der Waals surface area contributed by atoms with Crippen LogP contribution < -0.4 is 16.4 Å². The molecular weight excluding hydrogens is 727 g/mol. The van der Waals surface area contributed by atoms with Gasteiger partial charge in [-0.2, -0.15) is 0 Å². The Bertz CT molecular complexity index is 1990. The molecule has 12 heteroatoms. The lowest BCUT2D eigenvalue weighted by Gasteiger charge is -2.35. The second-order valence-corrected chi connectivity index (χ2v) is 17.1. The third-order valence-corrected chi connectivity index (χ3v) is 11.7. The van der Waals surface area contributed by atoms with Crippen molar-refractivity contribution >= 4 is 45.7 Å². The number of nitrogens with two attached hydrogens (primary N) is 1. The fourth-order valence-electron chi connectivity index (χ4n) is 7.16. The van der Waals surface area contributed by atoms with E-state index in [2.05, 4.69) is 52.9 Å². The molecule has 4 aromatic rings. The van der Waals surface area contributed by atoms with Gasteiger partial charge in [0.1, 0.15) is 12.1 Å². The Balaban J connectivity index is 1.14. The average Bonchev–Trinajstić information content (AvgIpc) is 3.78. The number of nitrogens with zero attached hydrogens (tertiary/aromatic N) is 2. The van der Waals surface area contributed by atoms with Gasteiger partial charge in [-0.25, -0.2) is 4.98 Å². The Morgan fingerprint density at radius 3 is 2.45 bits per heavy atom. The zero-order chi connectivity index (χ0) is 40.6. The molecule has 0 saturated carbocycles. The lowest BCUT2D eigenvalue weighted by molar-refractivity contribution is -0.144. The Labute approximate surface area is 334 Å². The molecule has 1 aromatic heterocycles. The van der Waals surface area contributed by atoms with E-state index in [9.17, 15) is 24.3 Å². The number of hydrogen-bond donors (Lipinski definition) is 4. The smallest absolute Gasteiger partial charge is 0.246 e. The Morgan fingerprint density at radius 1 is 1.04 bits per heavy atom. The number of ether oxygens (including phenoxy) is 1. The number of carbonyl (C=O) groups excluding carboxylic acids is 4. The van der Waals surface area contributed by atoms with Crippen molar-refractivity contribution in [3.8, 4) is 10.4 Å². The van der Waals surface area contributed by atoms with Crippen molar-refractivity contribution in [2.24, 2.45) is 17.1 Å². The van der Waals surface area contributed by atoms with Crippen LogP contribution in [-0.4, -0.2) is 69.5 Å². The van der Waals surface area contributed by atoms with E-state index in [0.29, 0.717) is 32.3 Å². The van der Waals surface area contributed by atoms with E-state index in [-0.39, 0.29) is 61.6 Å². The molecule has 300 valence electrons. The Morgan fingerprint density at radius 2 is 1.77 bits per heavy atom. The lowest BCUT2D eigenvalue weighted by Crippen LogP contribution is -2.57. The largest absolute Gasteiger partial charge is 0.391 e. The number of aryl methyl sites for hydroxylation is 2. The summed E-state index contributed by atoms with van der Waals surface area (Å²) in [6.45, 7) is 12.5. The van der Waals surface area contributed by atoms with E-state index < -0.39 is 23.6 Å². The quantitative estimate of drug-likeness (QED) is 0.0990. The number of aliphatic hydroxyl groups is 1. The molecule has 1 saturated heterocycles. The van der Waals surface area contributed by atoms with Crippen LogP contribution in [0.2, 0.25) is 0 Å². The first-order valence-electron chi connectivity index (χ1n) is 19.6. The number of benzene rings is 3. The molecule has 0 unspecified atom stereocenters. The summed E-state index contributed by atoms with van der Waals surface area (Å²) in [5.41, 5.74) is 11.6. The maximum atomic E-state index is 14.1. The molecule has 5 atom stereocenters. The highest BCUT2D eigenvalue weighted by Crippen LogP contribution is 2.29. The van der Waals surface area contributed by atoms with Gasteiger partial charge in [0.25, 0.3) is 0 Å². The maximum Gasteiger partial charge on any atom is 0.246 e. The standard InChI is InChI=1S/C44H57N5O6S/c1-27(13-20-38(45)51)29(3)55-25-31-16-19-36-32(9-7-11-34(36)21-31)10-8-12-39(52)48-41(44(4,5)6)43(54)49-24-35(50)22-37(49)42(53)46-23-30-14-17-33(18-15-30)40-28(2)47-26-56-40/h7,9,11,14-19,21,26-27,29,35,37,41,50H,8,10,12-13,20,22-25H2,1-6H3,(H2,45,51)(H,46,53)(H,48,52)/t27-,29+,35+,37-,41+/m0/s1. The molecule has 1 fully saturated rings. The second-order valence-electron chi connectivity index (χ2n) is 16.3. The molecule has 0 spiro atoms. The van der Waals surface area contributed by atoms with Crippen LogP contribution in [0.1, 0.15) is 89.1 Å². The summed E-state index contributed by atoms with van der Waals surface area (Å²) in [6.07, 6.45) is 1.79. The van der Waals surface area contributed by atoms with E-state index >= 15 is 0 Å². The Kier molecular flexibility index (Phi) is 14.4. The SMILES string of the molecule is Cc1ncsc1-c1ccc(CNC(=O)[C@@H]2C[C@@H](O)CN2C(=O)[C@@H](NC(=O)CCCc2cccc3cc(CO[C@H](C)[C@@H](C)CCC(N)=O)ccc23)C(C)(C)C)cc1. The summed E-state index contributed by atoms with van der Waals surface area (Å²) in [4.78, 5) is 58.9. The van der Waals surface area contributed by atoms with Gasteiger partial charge in [0.15, 0.2) is 0 Å². The topological polar surface area (TPSA) is 164 Å². The van der Waals surface area contributed by atoms with Crippen LogP contribution in [0.3, 0.4) is 0 Å². The number of nitrogens with one attached hydrogen (secondary N) is 2. The molecule has 0 bridgehead atoms. The molecule has 11 nitrogen and oxygen atoms in total. The molecule has 1 aliphatic heterocycles. The minimum absolute atomic E-state index is 0.0159. The first kappa shape index (κ1) is 42.5. The monoisotopic (exact) mass is 783 g/mol. The highest BCUT2D eigenvalue weighted by atomic mass is 32.1. The van der Waals surface area contributed by atoms with Crippen LogP contribution in [0.5, 0.6) is 0 Å². The van der Waals surface area contributed by atoms with Gasteiger partial charge in [-0.1, -0.05) is 82.3 Å². The highest BCUT2D eigenvalue weighted by Gasteiger charge is 2.44. The minimum atomic E-state index is -0.884. The van der Waals surface area contributed by atoms with Crippen molar-refractivity contribution in [3.05, 3.63) is 88.6 Å². The fraction of sp³-hybridized carbons (Fsp3) is 0.477. The first-order valence-corrected chi connectivity index (χ1v) is 20.4. The molecule has 3 aromatic carbocycles. The van der Waals surface area contributed by atoms with Gasteiger partial charge in [0, 0.05) is 32.4 Å². The summed E-state index contributed by atoms with van der Waals surface area (Å²) in [5.74, 6) is -1.05. The summed E-state index contributed by atoms with van der Waals surface area (Å²) in [5, 5.41) is 18.7. The van der Waals surface area contributed by atoms with Crippen molar-refractivity contribution < 1.29 is 29.0 Å². The van der Waals surface area contributed by atoms with E-state index in [1.807, 2.05) is 70.5 Å². The number of carbonyl (C=O) groups is 4. The number of amides is 4. The third kappa shape index (κ3) is 11.2. The molecule has 5 N–H and O–H groups in total. The van der Waals surface area contributed by atoms with E-state index in [4.69, 9.17) is 10.5 Å². The number of likely N-dealkylation sites (tertiary alicyclic amines) is 1. The zero-order valence-electron chi connectivity index (χ0n) is 33.5. The average molecular weight is 784 g/mol. The molecule has 1 aliphatic rings. The van der Waals surface area contributed by atoms with Crippen molar-refractivity contribution in [1.29, 1.82) is 0 Å². The van der Waals surface area contributed by atoms with Crippen LogP contribution >= 0.6 is 11.3 Å². The van der Waals surface area contributed by atoms with Gasteiger partial charge < -0.3 is 31.1 Å². The van der Waals surface area contributed by atoms with E-state index in [1.54, 1.807) is 11.3 Å². The van der Waals surface area contributed by atoms with Crippen LogP contribution in [0.15, 0.2) is 66.2 Å². The van der Waals surface area contributed by atoms with Crippen molar-refractivity contribution in [2.75, 3.05) is 6.54 Å². The number of rotatable bonds is 17. The van der Waals surface area contributed by atoms with Gasteiger partial charge >= 0.3 is 0 Å². The normalized spacial score (nSPS) is 17.4. The summed E-state index contributed by atoms with van der Waals surface area (Å²) < 4.78 is 6.11. The van der Waals surface area contributed by atoms with Crippen LogP contribution in [-0.2, 0) is 43.5 Å². The van der Waals surface area contributed by atoms with Crippen molar-refractivity contribution in [3.63, 3.8) is 0 Å². The van der Waals surface area contributed by atoms with Crippen molar-refractivity contribution in [2.45, 2.75) is 118 Å². The van der Waals surface area contributed by atoms with E-state index in [0.717, 1.165) is 43.6 Å². The number of thiazole rings is 1. The number of hydrogen-bond acceptors (Lipinski definition) is 8. The predicted molar refractivity (Wildman–Crippen MR) is 220 cm³/mol. The molecule has 0 radical (unpaired) electrons. The lowest BCUT2D eigenvalue weighted by atomic mass is 9.85. The molecule has 56 heavy (non-hydrogen) atoms. The maximum absolute atomic E-state index is 14.1. The number of fused-ring (bicyclic) bond motifs is 1. The Hall–Kier alpha value is -4.65. The zero-order valence-corrected chi connectivity index (χ0v) is 34.3. The summed E-state index contributed by atoms with van der Waals surface area (Å²) in [7, 11) is 0. The molecule has 5 rings (SSSR count). The summed E-state index contributed by atoms with van der Waals surface area (Å²) >= 11 is 1.58. The fourth-order valence-corrected chi connectivity index (χ4v) is 7.97. The van der Waals surface area contributed by atoms with Gasteiger partial charge in [-0.15, -0.1) is 11.3 Å². The van der Waals surface area contributed by atoms with Crippen LogP contribution in [0, 0.1) is 18.3 Å². The number of β-amino-alcohol motifs (C(OH)–C–C–N with tert-alkyl or cyclic N) is 1. The van der Waals surface area contributed by atoms with Gasteiger partial charge in [0.2, 0.25) is 23.6 Å². The molecule has 4 amide bonds. The van der Waals surface area contributed by atoms with Crippen LogP contribution in [0.4, 0.5) is 0 Å². The second kappa shape index (κ2) is 19.0. The molecule has 2 heterocycles. The van der Waals surface area contributed by atoms with Gasteiger partial charge in [0.05, 0.1) is 34.9 Å². The molecule has 0 aliphatic carbocycles. The predicted octanol–water partition coefficient (Wildman–Crippen LogP) is 6.21. The van der Waals surface area contributed by atoms with Crippen LogP contribution in [0.25, 0.3) is 21.2 Å².